The molecule has 0 rings (SSSR count). The number of thioether (sulfide) groups is 1. The molecule has 0 aromatic rings. The first-order valence-electron chi connectivity index (χ1n) is 2.79. The third-order valence-electron chi connectivity index (χ3n) is 0.902. The van der Waals surface area contributed by atoms with Crippen molar-refractivity contribution < 1.29 is 4.74 Å². The van der Waals surface area contributed by atoms with E-state index in [-0.39, 0.29) is 0 Å². The molecular weight excluding hydrogens is 120 g/mol. The van der Waals surface area contributed by atoms with Crippen LogP contribution in [0.1, 0.15) is 6.92 Å². The summed E-state index contributed by atoms with van der Waals surface area (Å²) in [7, 11) is 1.75. The van der Waals surface area contributed by atoms with E-state index in [9.17, 15) is 0 Å². The van der Waals surface area contributed by atoms with Crippen molar-refractivity contribution in [3.63, 3.8) is 0 Å². The van der Waals surface area contributed by atoms with E-state index in [1.54, 1.807) is 7.11 Å². The molecule has 8 heavy (non-hydrogen) atoms. The molecule has 0 aliphatic carbocycles. The van der Waals surface area contributed by atoms with E-state index >= 15 is 0 Å². The van der Waals surface area contributed by atoms with Crippen LogP contribution in [-0.4, -0.2) is 25.7 Å². The molecule has 2 heteroatoms. The van der Waals surface area contributed by atoms with Gasteiger partial charge in [0, 0.05) is 13.7 Å². The number of methoxy groups -OCH3 is 1. The average molecular weight is 134 g/mol. The molecule has 0 unspecified atom stereocenters. The van der Waals surface area contributed by atoms with Gasteiger partial charge in [0.15, 0.2) is 0 Å². The van der Waals surface area contributed by atoms with Crippen molar-refractivity contribution in [2.45, 2.75) is 6.92 Å². The van der Waals surface area contributed by atoms with E-state index in [4.69, 9.17) is 4.74 Å². The van der Waals surface area contributed by atoms with Gasteiger partial charge in [-0.15, -0.1) is 0 Å². The Morgan fingerprint density at radius 1 is 1.62 bits per heavy atom. The summed E-state index contributed by atoms with van der Waals surface area (Å²) in [5, 5.41) is 0. The first kappa shape index (κ1) is 8.31. The van der Waals surface area contributed by atoms with Gasteiger partial charge < -0.3 is 4.74 Å². The second-order valence-corrected chi connectivity index (χ2v) is 2.93. The molecule has 0 saturated heterocycles. The normalized spacial score (nSPS) is 13.9. The highest BCUT2D eigenvalue weighted by molar-refractivity contribution is 7.98. The molecule has 0 fully saturated rings. The van der Waals surface area contributed by atoms with Crippen LogP contribution in [-0.2, 0) is 4.74 Å². The lowest BCUT2D eigenvalue weighted by Crippen LogP contribution is -2.05. The summed E-state index contributed by atoms with van der Waals surface area (Å²) in [6.07, 6.45) is 2.12. The minimum atomic E-state index is 0.704. The summed E-state index contributed by atoms with van der Waals surface area (Å²) >= 11 is 1.87. The van der Waals surface area contributed by atoms with Gasteiger partial charge in [-0.05, 0) is 17.9 Å². The van der Waals surface area contributed by atoms with Crippen molar-refractivity contribution in [2.24, 2.45) is 5.92 Å². The molecule has 0 saturated carbocycles. The predicted molar refractivity (Wildman–Crippen MR) is 39.4 cm³/mol. The van der Waals surface area contributed by atoms with Crippen molar-refractivity contribution in [3.05, 3.63) is 0 Å². The molecular formula is C6H14OS. The summed E-state index contributed by atoms with van der Waals surface area (Å²) in [6.45, 7) is 3.08. The van der Waals surface area contributed by atoms with Gasteiger partial charge in [0.2, 0.25) is 0 Å². The van der Waals surface area contributed by atoms with Crippen molar-refractivity contribution >= 4 is 11.8 Å². The molecule has 50 valence electrons. The van der Waals surface area contributed by atoms with Crippen molar-refractivity contribution in [1.29, 1.82) is 0 Å². The van der Waals surface area contributed by atoms with E-state index in [1.807, 2.05) is 11.8 Å². The van der Waals surface area contributed by atoms with Crippen molar-refractivity contribution in [3.8, 4) is 0 Å². The highest BCUT2D eigenvalue weighted by atomic mass is 32.2. The Hall–Kier alpha value is 0.310. The van der Waals surface area contributed by atoms with Gasteiger partial charge in [-0.3, -0.25) is 0 Å². The fraction of sp³-hybridized carbons (Fsp3) is 1.00. The third kappa shape index (κ3) is 4.47. The summed E-state index contributed by atoms with van der Waals surface area (Å²) < 4.78 is 4.94. The Bertz CT molecular complexity index is 41.8. The Kier molecular flexibility index (Phi) is 5.66. The monoisotopic (exact) mass is 134 g/mol. The molecule has 0 aliphatic heterocycles. The molecule has 0 radical (unpaired) electrons. The molecule has 1 nitrogen and oxygen atoms in total. The largest absolute Gasteiger partial charge is 0.384 e. The maximum absolute atomic E-state index is 4.94. The van der Waals surface area contributed by atoms with E-state index in [2.05, 4.69) is 13.2 Å². The quantitative estimate of drug-likeness (QED) is 0.578. The van der Waals surface area contributed by atoms with E-state index in [1.165, 1.54) is 5.75 Å². The lowest BCUT2D eigenvalue weighted by atomic mass is 10.2. The van der Waals surface area contributed by atoms with Gasteiger partial charge in [-0.25, -0.2) is 0 Å². The standard InChI is InChI=1S/C6H14OS/c1-6(4-7-2)5-8-3/h6H,4-5H2,1-3H3/t6-/m1/s1. The van der Waals surface area contributed by atoms with Gasteiger partial charge in [0.1, 0.15) is 0 Å². The summed E-state index contributed by atoms with van der Waals surface area (Å²) in [5.74, 6) is 1.91. The molecule has 0 bridgehead atoms. The molecule has 0 aliphatic rings. The fourth-order valence-corrected chi connectivity index (χ4v) is 1.28. The maximum Gasteiger partial charge on any atom is 0.0495 e. The summed E-state index contributed by atoms with van der Waals surface area (Å²) in [4.78, 5) is 0. The van der Waals surface area contributed by atoms with Gasteiger partial charge in [-0.2, -0.15) is 11.8 Å². The minimum Gasteiger partial charge on any atom is -0.384 e. The summed E-state index contributed by atoms with van der Waals surface area (Å²) in [5.41, 5.74) is 0. The molecule has 0 spiro atoms. The zero-order valence-corrected chi connectivity index (χ0v) is 6.62. The van der Waals surface area contributed by atoms with Crippen LogP contribution in [0.2, 0.25) is 0 Å². The van der Waals surface area contributed by atoms with Gasteiger partial charge >= 0.3 is 0 Å². The highest BCUT2D eigenvalue weighted by Crippen LogP contribution is 2.03. The van der Waals surface area contributed by atoms with E-state index in [0.717, 1.165) is 6.61 Å². The van der Waals surface area contributed by atoms with E-state index < -0.39 is 0 Å². The molecule has 0 aromatic carbocycles. The SMILES string of the molecule is COC[C@@H](C)CSC. The van der Waals surface area contributed by atoms with Crippen LogP contribution in [0, 0.1) is 5.92 Å². The molecule has 0 amide bonds. The topological polar surface area (TPSA) is 9.23 Å². The zero-order chi connectivity index (χ0) is 6.41. The van der Waals surface area contributed by atoms with Crippen LogP contribution in [0.15, 0.2) is 0 Å². The Morgan fingerprint density at radius 2 is 2.25 bits per heavy atom. The Morgan fingerprint density at radius 3 is 2.62 bits per heavy atom. The lowest BCUT2D eigenvalue weighted by molar-refractivity contribution is 0.168. The Balaban J connectivity index is 2.92. The van der Waals surface area contributed by atoms with Gasteiger partial charge in [0.25, 0.3) is 0 Å². The zero-order valence-electron chi connectivity index (χ0n) is 5.81. The van der Waals surface area contributed by atoms with E-state index in [0.29, 0.717) is 5.92 Å². The number of hydrogen-bond donors (Lipinski definition) is 0. The van der Waals surface area contributed by atoms with Crippen LogP contribution in [0.3, 0.4) is 0 Å². The summed E-state index contributed by atoms with van der Waals surface area (Å²) in [6, 6.07) is 0. The Labute approximate surface area is 55.8 Å². The minimum absolute atomic E-state index is 0.704. The first-order valence-corrected chi connectivity index (χ1v) is 4.18. The van der Waals surface area contributed by atoms with Crippen LogP contribution < -0.4 is 0 Å². The second-order valence-electron chi connectivity index (χ2n) is 2.02. The first-order chi connectivity index (χ1) is 3.81. The lowest BCUT2D eigenvalue weighted by Gasteiger charge is -2.05. The third-order valence-corrected chi connectivity index (χ3v) is 1.80. The maximum atomic E-state index is 4.94. The highest BCUT2D eigenvalue weighted by Gasteiger charge is 1.96. The molecule has 0 N–H and O–H groups in total. The smallest absolute Gasteiger partial charge is 0.0495 e. The predicted octanol–water partition coefficient (Wildman–Crippen LogP) is 1.63. The second kappa shape index (κ2) is 5.45. The van der Waals surface area contributed by atoms with Crippen molar-refractivity contribution in [2.75, 3.05) is 25.7 Å². The van der Waals surface area contributed by atoms with Crippen LogP contribution in [0.5, 0.6) is 0 Å². The van der Waals surface area contributed by atoms with Crippen LogP contribution in [0.25, 0.3) is 0 Å². The molecule has 0 aromatic heterocycles. The molecule has 0 heterocycles. The number of hydrogen-bond acceptors (Lipinski definition) is 2. The fourth-order valence-electron chi connectivity index (χ4n) is 0.617. The van der Waals surface area contributed by atoms with Gasteiger partial charge in [0.05, 0.1) is 0 Å². The molecule has 1 atom stereocenters. The average Bonchev–Trinajstić information content (AvgIpc) is 1.68. The van der Waals surface area contributed by atoms with Crippen LogP contribution in [0.4, 0.5) is 0 Å². The van der Waals surface area contributed by atoms with Crippen molar-refractivity contribution in [1.82, 2.24) is 0 Å². The number of rotatable bonds is 4. The number of ether oxygens (including phenoxy) is 1. The van der Waals surface area contributed by atoms with Gasteiger partial charge in [-0.1, -0.05) is 6.92 Å². The van der Waals surface area contributed by atoms with Crippen LogP contribution >= 0.6 is 11.8 Å².